The number of carbonyl (C=O) groups is 1. The molecule has 0 aliphatic carbocycles. The van der Waals surface area contributed by atoms with Gasteiger partial charge in [0.1, 0.15) is 5.75 Å². The Bertz CT molecular complexity index is 1220. The predicted molar refractivity (Wildman–Crippen MR) is 141 cm³/mol. The first-order valence-electron chi connectivity index (χ1n) is 11.8. The monoisotopic (exact) mass is 463 g/mol. The van der Waals surface area contributed by atoms with E-state index in [4.69, 9.17) is 14.5 Å². The first-order valence-corrected chi connectivity index (χ1v) is 11.8. The van der Waals surface area contributed by atoms with Gasteiger partial charge in [0.25, 0.3) is 0 Å². The zero-order valence-corrected chi connectivity index (χ0v) is 20.1. The van der Waals surface area contributed by atoms with Gasteiger partial charge in [-0.05, 0) is 35.7 Å². The second kappa shape index (κ2) is 11.8. The van der Waals surface area contributed by atoms with E-state index in [1.807, 2.05) is 97.9 Å². The highest BCUT2D eigenvalue weighted by Gasteiger charge is 2.21. The van der Waals surface area contributed by atoms with Gasteiger partial charge in [-0.3, -0.25) is 4.99 Å². The molecule has 0 aliphatic heterocycles. The van der Waals surface area contributed by atoms with Crippen molar-refractivity contribution in [2.75, 3.05) is 13.7 Å². The van der Waals surface area contributed by atoms with Crippen LogP contribution in [0.25, 0.3) is 11.1 Å². The van der Waals surface area contributed by atoms with Gasteiger partial charge in [-0.1, -0.05) is 97.1 Å². The zero-order valence-electron chi connectivity index (χ0n) is 20.1. The van der Waals surface area contributed by atoms with Gasteiger partial charge < -0.3 is 9.47 Å². The lowest BCUT2D eigenvalue weighted by molar-refractivity contribution is -0.144. The molecule has 4 aromatic carbocycles. The number of carbonyl (C=O) groups excluding carboxylic acids is 1. The van der Waals surface area contributed by atoms with Crippen molar-refractivity contribution in [1.29, 1.82) is 0 Å². The summed E-state index contributed by atoms with van der Waals surface area (Å²) in [4.78, 5) is 17.9. The molecule has 35 heavy (non-hydrogen) atoms. The summed E-state index contributed by atoms with van der Waals surface area (Å²) in [6, 6.07) is 35.4. The normalized spacial score (nSPS) is 11.4. The summed E-state index contributed by atoms with van der Waals surface area (Å²) in [6.07, 6.45) is 0.445. The minimum Gasteiger partial charge on any atom is -0.497 e. The smallest absolute Gasteiger partial charge is 0.331 e. The van der Waals surface area contributed by atoms with Crippen LogP contribution < -0.4 is 4.74 Å². The summed E-state index contributed by atoms with van der Waals surface area (Å²) in [5, 5.41) is 0. The van der Waals surface area contributed by atoms with Crippen molar-refractivity contribution in [3.8, 4) is 16.9 Å². The predicted octanol–water partition coefficient (Wildman–Crippen LogP) is 6.37. The number of methoxy groups -OCH3 is 1. The Kier molecular flexibility index (Phi) is 8.08. The molecule has 4 aromatic rings. The number of hydrogen-bond acceptors (Lipinski definition) is 4. The number of nitrogens with zero attached hydrogens (tertiary/aromatic N) is 1. The van der Waals surface area contributed by atoms with E-state index in [1.165, 1.54) is 0 Å². The lowest BCUT2D eigenvalue weighted by Crippen LogP contribution is -2.26. The van der Waals surface area contributed by atoms with E-state index in [0.717, 1.165) is 39.3 Å². The van der Waals surface area contributed by atoms with Crippen LogP contribution in [0.15, 0.2) is 114 Å². The third-order valence-corrected chi connectivity index (χ3v) is 5.72. The summed E-state index contributed by atoms with van der Waals surface area (Å²) in [6.45, 7) is 2.13. The molecule has 0 saturated heterocycles. The number of benzene rings is 4. The van der Waals surface area contributed by atoms with Crippen LogP contribution in [0.3, 0.4) is 0 Å². The van der Waals surface area contributed by atoms with E-state index >= 15 is 0 Å². The lowest BCUT2D eigenvalue weighted by Gasteiger charge is -2.16. The lowest BCUT2D eigenvalue weighted by atomic mass is 9.99. The van der Waals surface area contributed by atoms with E-state index in [0.29, 0.717) is 13.0 Å². The van der Waals surface area contributed by atoms with Gasteiger partial charge in [-0.2, -0.15) is 0 Å². The van der Waals surface area contributed by atoms with E-state index in [2.05, 4.69) is 18.2 Å². The standard InChI is InChI=1S/C31H29NO3/c1-3-35-31(33)29(32-30(25-11-6-4-7-12-25)26-13-8-5-9-14-26)21-23-17-19-24(20-18-23)27-15-10-16-28(22-27)34-2/h4-20,22,29H,3,21H2,1-2H3/t29-/m1/s1. The quantitative estimate of drug-likeness (QED) is 0.214. The summed E-state index contributed by atoms with van der Waals surface area (Å²) in [5.41, 5.74) is 5.86. The van der Waals surface area contributed by atoms with E-state index in [9.17, 15) is 4.79 Å². The van der Waals surface area contributed by atoms with Crippen LogP contribution in [-0.2, 0) is 16.0 Å². The Balaban J connectivity index is 1.66. The number of esters is 1. The topological polar surface area (TPSA) is 47.9 Å². The molecule has 0 saturated carbocycles. The molecule has 0 heterocycles. The molecule has 0 unspecified atom stereocenters. The molecule has 4 nitrogen and oxygen atoms in total. The average Bonchev–Trinajstić information content (AvgIpc) is 2.92. The highest BCUT2D eigenvalue weighted by Crippen LogP contribution is 2.25. The van der Waals surface area contributed by atoms with Crippen molar-refractivity contribution in [1.82, 2.24) is 0 Å². The first kappa shape index (κ1) is 24.0. The molecule has 4 rings (SSSR count). The van der Waals surface area contributed by atoms with Crippen LogP contribution in [0.5, 0.6) is 5.75 Å². The summed E-state index contributed by atoms with van der Waals surface area (Å²) in [5.74, 6) is 0.492. The van der Waals surface area contributed by atoms with Gasteiger partial charge >= 0.3 is 5.97 Å². The van der Waals surface area contributed by atoms with Crippen LogP contribution in [0.2, 0.25) is 0 Å². The van der Waals surface area contributed by atoms with Gasteiger partial charge in [0.2, 0.25) is 0 Å². The molecule has 0 bridgehead atoms. The fourth-order valence-electron chi connectivity index (χ4n) is 3.94. The molecule has 0 fully saturated rings. The Morgan fingerprint density at radius 3 is 1.97 bits per heavy atom. The van der Waals surface area contributed by atoms with Gasteiger partial charge in [0.15, 0.2) is 6.04 Å². The highest BCUT2D eigenvalue weighted by atomic mass is 16.5. The number of ether oxygens (including phenoxy) is 2. The summed E-state index contributed by atoms with van der Waals surface area (Å²) in [7, 11) is 1.66. The number of rotatable bonds is 9. The number of aliphatic imine (C=N–C) groups is 1. The Morgan fingerprint density at radius 1 is 0.771 bits per heavy atom. The van der Waals surface area contributed by atoms with Crippen LogP contribution >= 0.6 is 0 Å². The van der Waals surface area contributed by atoms with E-state index in [1.54, 1.807) is 7.11 Å². The molecular weight excluding hydrogens is 434 g/mol. The molecular formula is C31H29NO3. The second-order valence-electron chi connectivity index (χ2n) is 8.11. The molecule has 0 radical (unpaired) electrons. The minimum atomic E-state index is -0.659. The Morgan fingerprint density at radius 2 is 1.40 bits per heavy atom. The summed E-state index contributed by atoms with van der Waals surface area (Å²) >= 11 is 0. The number of hydrogen-bond donors (Lipinski definition) is 0. The molecule has 0 N–H and O–H groups in total. The zero-order chi connectivity index (χ0) is 24.5. The van der Waals surface area contributed by atoms with Crippen LogP contribution in [-0.4, -0.2) is 31.4 Å². The van der Waals surface area contributed by atoms with Crippen LogP contribution in [0.4, 0.5) is 0 Å². The van der Waals surface area contributed by atoms with Gasteiger partial charge in [-0.25, -0.2) is 4.79 Å². The highest BCUT2D eigenvalue weighted by molar-refractivity contribution is 6.13. The third kappa shape index (κ3) is 6.24. The second-order valence-corrected chi connectivity index (χ2v) is 8.11. The van der Waals surface area contributed by atoms with Crippen LogP contribution in [0.1, 0.15) is 23.6 Å². The largest absolute Gasteiger partial charge is 0.497 e. The van der Waals surface area contributed by atoms with Crippen molar-refractivity contribution in [2.24, 2.45) is 4.99 Å². The maximum absolute atomic E-state index is 13.0. The molecule has 0 amide bonds. The van der Waals surface area contributed by atoms with Crippen molar-refractivity contribution in [3.05, 3.63) is 126 Å². The van der Waals surface area contributed by atoms with Crippen molar-refractivity contribution in [3.63, 3.8) is 0 Å². The first-order chi connectivity index (χ1) is 17.2. The SMILES string of the molecule is CCOC(=O)[C@@H](Cc1ccc(-c2cccc(OC)c2)cc1)N=C(c1ccccc1)c1ccccc1. The minimum absolute atomic E-state index is 0.311. The van der Waals surface area contributed by atoms with Crippen LogP contribution in [0, 0.1) is 0 Å². The van der Waals surface area contributed by atoms with Gasteiger partial charge in [0.05, 0.1) is 19.4 Å². The Hall–Kier alpha value is -4.18. The van der Waals surface area contributed by atoms with Gasteiger partial charge in [0, 0.05) is 17.5 Å². The average molecular weight is 464 g/mol. The maximum atomic E-state index is 13.0. The fourth-order valence-corrected chi connectivity index (χ4v) is 3.94. The van der Waals surface area contributed by atoms with Gasteiger partial charge in [-0.15, -0.1) is 0 Å². The third-order valence-electron chi connectivity index (χ3n) is 5.72. The molecule has 1 atom stereocenters. The van der Waals surface area contributed by atoms with Crippen molar-refractivity contribution >= 4 is 11.7 Å². The van der Waals surface area contributed by atoms with E-state index in [-0.39, 0.29) is 5.97 Å². The molecule has 4 heteroatoms. The van der Waals surface area contributed by atoms with Crippen molar-refractivity contribution < 1.29 is 14.3 Å². The summed E-state index contributed by atoms with van der Waals surface area (Å²) < 4.78 is 10.8. The molecule has 0 aromatic heterocycles. The van der Waals surface area contributed by atoms with E-state index < -0.39 is 6.04 Å². The molecule has 0 spiro atoms. The maximum Gasteiger partial charge on any atom is 0.331 e. The fraction of sp³-hybridized carbons (Fsp3) is 0.161. The molecule has 0 aliphatic rings. The van der Waals surface area contributed by atoms with Crippen molar-refractivity contribution in [2.45, 2.75) is 19.4 Å². The molecule has 176 valence electrons. The Labute approximate surface area is 206 Å².